The van der Waals surface area contributed by atoms with Gasteiger partial charge < -0.3 is 5.32 Å². The maximum absolute atomic E-state index is 12.9. The van der Waals surface area contributed by atoms with Gasteiger partial charge in [-0.1, -0.05) is 36.2 Å². The molecule has 1 aliphatic rings. The zero-order chi connectivity index (χ0) is 21.1. The zero-order valence-electron chi connectivity index (χ0n) is 16.1. The van der Waals surface area contributed by atoms with Crippen molar-refractivity contribution in [1.29, 1.82) is 0 Å². The van der Waals surface area contributed by atoms with E-state index in [1.54, 1.807) is 42.5 Å². The molecular formula is C21H21ClN4O3S. The molecule has 0 spiro atoms. The molecule has 0 bridgehead atoms. The van der Waals surface area contributed by atoms with E-state index in [1.165, 1.54) is 16.6 Å². The molecule has 2 aromatic carbocycles. The standard InChI is InChI=1S/C21H21ClN4O3S/c22-16-9-7-15(8-10-16)20-19(14-23-25-20)21(27)24-17-5-4-6-18(13-17)30(28,29)26-11-2-1-3-12-26/h4-10,13-14H,1-3,11-12H2,(H,23,25)(H,24,27). The molecule has 156 valence electrons. The highest BCUT2D eigenvalue weighted by molar-refractivity contribution is 7.89. The third-order valence-electron chi connectivity index (χ3n) is 5.06. The second kappa shape index (κ2) is 8.59. The number of hydrogen-bond donors (Lipinski definition) is 2. The van der Waals surface area contributed by atoms with E-state index < -0.39 is 10.0 Å². The number of anilines is 1. The molecule has 0 atom stereocenters. The van der Waals surface area contributed by atoms with Crippen LogP contribution < -0.4 is 5.32 Å². The van der Waals surface area contributed by atoms with Gasteiger partial charge in [-0.3, -0.25) is 9.89 Å². The fourth-order valence-corrected chi connectivity index (χ4v) is 5.17. The Labute approximate surface area is 180 Å². The summed E-state index contributed by atoms with van der Waals surface area (Å²) in [6, 6.07) is 13.4. The smallest absolute Gasteiger partial charge is 0.259 e. The van der Waals surface area contributed by atoms with Crippen LogP contribution in [0, 0.1) is 0 Å². The molecule has 9 heteroatoms. The molecular weight excluding hydrogens is 424 g/mol. The van der Waals surface area contributed by atoms with Crippen molar-refractivity contribution in [3.63, 3.8) is 0 Å². The van der Waals surface area contributed by atoms with Crippen LogP contribution in [0.5, 0.6) is 0 Å². The lowest BCUT2D eigenvalue weighted by Crippen LogP contribution is -2.35. The van der Waals surface area contributed by atoms with Crippen LogP contribution in [0.3, 0.4) is 0 Å². The number of benzene rings is 2. The lowest BCUT2D eigenvalue weighted by molar-refractivity contribution is 0.102. The maximum Gasteiger partial charge on any atom is 0.259 e. The minimum absolute atomic E-state index is 0.173. The fourth-order valence-electron chi connectivity index (χ4n) is 3.48. The number of amides is 1. The molecule has 1 amide bonds. The second-order valence-corrected chi connectivity index (χ2v) is 9.49. The lowest BCUT2D eigenvalue weighted by Gasteiger charge is -2.26. The Kier molecular flexibility index (Phi) is 5.90. The molecule has 0 aliphatic carbocycles. The predicted octanol–water partition coefficient (Wildman–Crippen LogP) is 4.16. The first-order valence-electron chi connectivity index (χ1n) is 9.66. The van der Waals surface area contributed by atoms with Crippen molar-refractivity contribution in [2.24, 2.45) is 0 Å². The van der Waals surface area contributed by atoms with Crippen molar-refractivity contribution >= 4 is 33.2 Å². The number of sulfonamides is 1. The van der Waals surface area contributed by atoms with E-state index in [9.17, 15) is 13.2 Å². The summed E-state index contributed by atoms with van der Waals surface area (Å²) in [4.78, 5) is 13.0. The van der Waals surface area contributed by atoms with Crippen LogP contribution in [0.4, 0.5) is 5.69 Å². The van der Waals surface area contributed by atoms with Crippen LogP contribution in [-0.4, -0.2) is 41.9 Å². The molecule has 2 N–H and O–H groups in total. The molecule has 1 aromatic heterocycles. The van der Waals surface area contributed by atoms with Crippen molar-refractivity contribution in [2.45, 2.75) is 24.2 Å². The van der Waals surface area contributed by atoms with Crippen LogP contribution >= 0.6 is 11.6 Å². The van der Waals surface area contributed by atoms with Gasteiger partial charge in [0.05, 0.1) is 22.3 Å². The highest BCUT2D eigenvalue weighted by Crippen LogP contribution is 2.26. The number of H-pyrrole nitrogens is 1. The van der Waals surface area contributed by atoms with Gasteiger partial charge in [-0.2, -0.15) is 9.40 Å². The molecule has 4 rings (SSSR count). The monoisotopic (exact) mass is 444 g/mol. The summed E-state index contributed by atoms with van der Waals surface area (Å²) in [6.07, 6.45) is 4.21. The molecule has 1 aliphatic heterocycles. The third kappa shape index (κ3) is 4.26. The predicted molar refractivity (Wildman–Crippen MR) is 116 cm³/mol. The molecule has 2 heterocycles. The van der Waals surface area contributed by atoms with Gasteiger partial charge in [0.15, 0.2) is 0 Å². The molecule has 1 fully saturated rings. The van der Waals surface area contributed by atoms with E-state index in [2.05, 4.69) is 15.5 Å². The Balaban J connectivity index is 1.56. The first-order chi connectivity index (χ1) is 14.4. The summed E-state index contributed by atoms with van der Waals surface area (Å²) in [5.41, 5.74) is 2.08. The summed E-state index contributed by atoms with van der Waals surface area (Å²) in [7, 11) is -3.58. The van der Waals surface area contributed by atoms with Gasteiger partial charge in [0.1, 0.15) is 0 Å². The minimum atomic E-state index is -3.58. The Hall–Kier alpha value is -2.68. The van der Waals surface area contributed by atoms with Crippen molar-refractivity contribution in [3.05, 3.63) is 65.3 Å². The number of carbonyl (C=O) groups is 1. The van der Waals surface area contributed by atoms with Crippen molar-refractivity contribution in [3.8, 4) is 11.3 Å². The van der Waals surface area contributed by atoms with Gasteiger partial charge >= 0.3 is 0 Å². The van der Waals surface area contributed by atoms with E-state index in [0.717, 1.165) is 24.8 Å². The van der Waals surface area contributed by atoms with Gasteiger partial charge in [0.25, 0.3) is 5.91 Å². The van der Waals surface area contributed by atoms with Crippen molar-refractivity contribution < 1.29 is 13.2 Å². The highest BCUT2D eigenvalue weighted by Gasteiger charge is 2.26. The number of aromatic nitrogens is 2. The second-order valence-electron chi connectivity index (χ2n) is 7.11. The summed E-state index contributed by atoms with van der Waals surface area (Å²) in [5, 5.41) is 10.2. The van der Waals surface area contributed by atoms with Crippen molar-refractivity contribution in [2.75, 3.05) is 18.4 Å². The van der Waals surface area contributed by atoms with Gasteiger partial charge in [-0.05, 0) is 43.2 Å². The molecule has 0 unspecified atom stereocenters. The number of aromatic amines is 1. The molecule has 7 nitrogen and oxygen atoms in total. The number of rotatable bonds is 5. The first kappa shape index (κ1) is 20.6. The van der Waals surface area contributed by atoms with Crippen LogP contribution in [0.25, 0.3) is 11.3 Å². The number of halogens is 1. The van der Waals surface area contributed by atoms with E-state index in [0.29, 0.717) is 35.1 Å². The van der Waals surface area contributed by atoms with E-state index >= 15 is 0 Å². The number of carbonyl (C=O) groups excluding carboxylic acids is 1. The van der Waals surface area contributed by atoms with Gasteiger partial charge in [0.2, 0.25) is 10.0 Å². The first-order valence-corrected chi connectivity index (χ1v) is 11.5. The number of hydrogen-bond acceptors (Lipinski definition) is 4. The molecule has 0 radical (unpaired) electrons. The largest absolute Gasteiger partial charge is 0.322 e. The van der Waals surface area contributed by atoms with Gasteiger partial charge in [-0.15, -0.1) is 0 Å². The van der Waals surface area contributed by atoms with E-state index in [4.69, 9.17) is 11.6 Å². The van der Waals surface area contributed by atoms with Gasteiger partial charge in [0, 0.05) is 29.4 Å². The maximum atomic E-state index is 12.9. The average molecular weight is 445 g/mol. The average Bonchev–Trinajstić information content (AvgIpc) is 3.25. The van der Waals surface area contributed by atoms with E-state index in [1.807, 2.05) is 0 Å². The Morgan fingerprint density at radius 3 is 2.53 bits per heavy atom. The van der Waals surface area contributed by atoms with Crippen LogP contribution in [0.15, 0.2) is 59.6 Å². The fraction of sp³-hybridized carbons (Fsp3) is 0.238. The van der Waals surface area contributed by atoms with Gasteiger partial charge in [-0.25, -0.2) is 8.42 Å². The Morgan fingerprint density at radius 2 is 1.80 bits per heavy atom. The molecule has 1 saturated heterocycles. The van der Waals surface area contributed by atoms with Crippen molar-refractivity contribution in [1.82, 2.24) is 14.5 Å². The molecule has 3 aromatic rings. The topological polar surface area (TPSA) is 95.2 Å². The zero-order valence-corrected chi connectivity index (χ0v) is 17.7. The number of piperidine rings is 1. The lowest BCUT2D eigenvalue weighted by atomic mass is 10.1. The highest BCUT2D eigenvalue weighted by atomic mass is 35.5. The summed E-state index contributed by atoms with van der Waals surface area (Å²) < 4.78 is 27.3. The summed E-state index contributed by atoms with van der Waals surface area (Å²) in [6.45, 7) is 1.05. The van der Waals surface area contributed by atoms with E-state index in [-0.39, 0.29) is 10.8 Å². The quantitative estimate of drug-likeness (QED) is 0.617. The normalized spacial score (nSPS) is 15.1. The van der Waals surface area contributed by atoms with Crippen LogP contribution in [-0.2, 0) is 10.0 Å². The Morgan fingerprint density at radius 1 is 1.07 bits per heavy atom. The summed E-state index contributed by atoms with van der Waals surface area (Å²) in [5.74, 6) is -0.388. The third-order valence-corrected chi connectivity index (χ3v) is 7.21. The molecule has 30 heavy (non-hydrogen) atoms. The SMILES string of the molecule is O=C(Nc1cccc(S(=O)(=O)N2CCCCC2)c1)c1cn[nH]c1-c1ccc(Cl)cc1. The van der Waals surface area contributed by atoms with Crippen LogP contribution in [0.2, 0.25) is 5.02 Å². The number of nitrogens with zero attached hydrogens (tertiary/aromatic N) is 2. The summed E-state index contributed by atoms with van der Waals surface area (Å²) >= 11 is 5.93. The number of nitrogens with one attached hydrogen (secondary N) is 2. The minimum Gasteiger partial charge on any atom is -0.322 e. The Bertz CT molecular complexity index is 1150. The van der Waals surface area contributed by atoms with Crippen LogP contribution in [0.1, 0.15) is 29.6 Å². The molecule has 0 saturated carbocycles.